The summed E-state index contributed by atoms with van der Waals surface area (Å²) in [6.45, 7) is 6.66. The molecule has 16 heavy (non-hydrogen) atoms. The number of hydrogen-bond donors (Lipinski definition) is 1. The SMILES string of the molecule is Cc1c(C(CCN)C(C)C)ccc(Cl)c1F. The maximum absolute atomic E-state index is 13.7. The van der Waals surface area contributed by atoms with Crippen LogP contribution in [-0.2, 0) is 0 Å². The van der Waals surface area contributed by atoms with E-state index >= 15 is 0 Å². The lowest BCUT2D eigenvalue weighted by molar-refractivity contribution is 0.468. The van der Waals surface area contributed by atoms with Gasteiger partial charge >= 0.3 is 0 Å². The standard InChI is InChI=1S/C13H19ClFN/c1-8(2)10(6-7-16)11-4-5-12(14)13(15)9(11)3/h4-5,8,10H,6-7,16H2,1-3H3. The van der Waals surface area contributed by atoms with Gasteiger partial charge < -0.3 is 5.73 Å². The van der Waals surface area contributed by atoms with Crippen LogP contribution < -0.4 is 5.73 Å². The Morgan fingerprint density at radius 1 is 1.38 bits per heavy atom. The Morgan fingerprint density at radius 2 is 2.00 bits per heavy atom. The van der Waals surface area contributed by atoms with Gasteiger partial charge in [0.05, 0.1) is 5.02 Å². The lowest BCUT2D eigenvalue weighted by atomic mass is 9.83. The van der Waals surface area contributed by atoms with Crippen molar-refractivity contribution in [3.63, 3.8) is 0 Å². The molecular formula is C13H19ClFN. The topological polar surface area (TPSA) is 26.0 Å². The molecule has 1 aromatic carbocycles. The van der Waals surface area contributed by atoms with Gasteiger partial charge in [0.2, 0.25) is 0 Å². The fourth-order valence-corrected chi connectivity index (χ4v) is 2.30. The Morgan fingerprint density at radius 3 is 2.50 bits per heavy atom. The van der Waals surface area contributed by atoms with Gasteiger partial charge in [0.1, 0.15) is 5.82 Å². The molecular weight excluding hydrogens is 225 g/mol. The molecule has 2 N–H and O–H groups in total. The fraction of sp³-hybridized carbons (Fsp3) is 0.538. The van der Waals surface area contributed by atoms with Gasteiger partial charge in [0.15, 0.2) is 0 Å². The zero-order valence-electron chi connectivity index (χ0n) is 10.1. The first-order valence-electron chi connectivity index (χ1n) is 5.63. The largest absolute Gasteiger partial charge is 0.330 e. The first-order valence-corrected chi connectivity index (χ1v) is 6.01. The second kappa shape index (κ2) is 5.65. The molecule has 0 spiro atoms. The summed E-state index contributed by atoms with van der Waals surface area (Å²) in [6.07, 6.45) is 0.875. The molecule has 0 aliphatic heterocycles. The van der Waals surface area contributed by atoms with E-state index in [4.69, 9.17) is 17.3 Å². The van der Waals surface area contributed by atoms with E-state index in [0.717, 1.165) is 12.0 Å². The molecule has 0 aliphatic carbocycles. The van der Waals surface area contributed by atoms with Crippen LogP contribution in [0.2, 0.25) is 5.02 Å². The number of benzene rings is 1. The van der Waals surface area contributed by atoms with Gasteiger partial charge in [0, 0.05) is 0 Å². The van der Waals surface area contributed by atoms with E-state index < -0.39 is 0 Å². The Kier molecular flexibility index (Phi) is 4.75. The van der Waals surface area contributed by atoms with Crippen LogP contribution in [0.3, 0.4) is 0 Å². The second-order valence-electron chi connectivity index (χ2n) is 4.50. The molecule has 0 bridgehead atoms. The first-order chi connectivity index (χ1) is 7.49. The van der Waals surface area contributed by atoms with Crippen molar-refractivity contribution >= 4 is 11.6 Å². The van der Waals surface area contributed by atoms with Gasteiger partial charge in [-0.15, -0.1) is 0 Å². The summed E-state index contributed by atoms with van der Waals surface area (Å²) in [6, 6.07) is 3.55. The number of nitrogens with two attached hydrogens (primary N) is 1. The number of halogens is 2. The Hall–Kier alpha value is -0.600. The highest BCUT2D eigenvalue weighted by molar-refractivity contribution is 6.30. The van der Waals surface area contributed by atoms with Crippen molar-refractivity contribution in [2.24, 2.45) is 11.7 Å². The average Bonchev–Trinajstić information content (AvgIpc) is 2.24. The average molecular weight is 244 g/mol. The van der Waals surface area contributed by atoms with E-state index in [1.165, 1.54) is 0 Å². The number of rotatable bonds is 4. The summed E-state index contributed by atoms with van der Waals surface area (Å²) in [5.41, 5.74) is 7.29. The highest BCUT2D eigenvalue weighted by Crippen LogP contribution is 2.32. The zero-order chi connectivity index (χ0) is 12.3. The molecule has 1 aromatic rings. The van der Waals surface area contributed by atoms with Crippen LogP contribution in [0, 0.1) is 18.7 Å². The van der Waals surface area contributed by atoms with Crippen LogP contribution in [0.15, 0.2) is 12.1 Å². The Balaban J connectivity index is 3.15. The van der Waals surface area contributed by atoms with Crippen LogP contribution in [0.1, 0.15) is 37.3 Å². The third-order valence-electron chi connectivity index (χ3n) is 3.06. The van der Waals surface area contributed by atoms with Crippen molar-refractivity contribution in [1.29, 1.82) is 0 Å². The minimum Gasteiger partial charge on any atom is -0.330 e. The van der Waals surface area contributed by atoms with Crippen molar-refractivity contribution in [3.8, 4) is 0 Å². The Bertz CT molecular complexity index is 363. The van der Waals surface area contributed by atoms with Crippen LogP contribution in [-0.4, -0.2) is 6.54 Å². The van der Waals surface area contributed by atoms with E-state index in [2.05, 4.69) is 13.8 Å². The van der Waals surface area contributed by atoms with Gasteiger partial charge in [0.25, 0.3) is 0 Å². The molecule has 0 aromatic heterocycles. The summed E-state index contributed by atoms with van der Waals surface area (Å²) < 4.78 is 13.7. The van der Waals surface area contributed by atoms with Crippen LogP contribution in [0.5, 0.6) is 0 Å². The van der Waals surface area contributed by atoms with Gasteiger partial charge in [-0.25, -0.2) is 4.39 Å². The molecule has 0 fully saturated rings. The van der Waals surface area contributed by atoms with Crippen LogP contribution >= 0.6 is 11.6 Å². The monoisotopic (exact) mass is 243 g/mol. The molecule has 0 saturated carbocycles. The quantitative estimate of drug-likeness (QED) is 0.854. The molecule has 0 saturated heterocycles. The molecule has 3 heteroatoms. The van der Waals surface area contributed by atoms with Gasteiger partial charge in [-0.1, -0.05) is 31.5 Å². The van der Waals surface area contributed by atoms with Crippen LogP contribution in [0.25, 0.3) is 0 Å². The molecule has 90 valence electrons. The minimum atomic E-state index is -0.304. The van der Waals surface area contributed by atoms with Crippen molar-refractivity contribution in [3.05, 3.63) is 34.1 Å². The smallest absolute Gasteiger partial charge is 0.144 e. The summed E-state index contributed by atoms with van der Waals surface area (Å²) >= 11 is 5.75. The minimum absolute atomic E-state index is 0.191. The molecule has 1 atom stereocenters. The molecule has 1 rings (SSSR count). The molecule has 0 aliphatic rings. The van der Waals surface area contributed by atoms with Crippen molar-refractivity contribution in [1.82, 2.24) is 0 Å². The third kappa shape index (κ3) is 2.74. The predicted octanol–water partition coefficient (Wildman–Crippen LogP) is 3.88. The molecule has 1 unspecified atom stereocenters. The van der Waals surface area contributed by atoms with Gasteiger partial charge in [-0.2, -0.15) is 0 Å². The van der Waals surface area contributed by atoms with E-state index in [1.54, 1.807) is 13.0 Å². The molecule has 0 amide bonds. The second-order valence-corrected chi connectivity index (χ2v) is 4.91. The normalized spacial score (nSPS) is 13.2. The van der Waals surface area contributed by atoms with E-state index in [1.807, 2.05) is 6.07 Å². The lowest BCUT2D eigenvalue weighted by Crippen LogP contribution is -2.14. The summed E-state index contributed by atoms with van der Waals surface area (Å²) in [5.74, 6) is 0.446. The summed E-state index contributed by atoms with van der Waals surface area (Å²) in [4.78, 5) is 0. The number of hydrogen-bond acceptors (Lipinski definition) is 1. The highest BCUT2D eigenvalue weighted by Gasteiger charge is 2.19. The predicted molar refractivity (Wildman–Crippen MR) is 67.4 cm³/mol. The lowest BCUT2D eigenvalue weighted by Gasteiger charge is -2.23. The van der Waals surface area contributed by atoms with Crippen molar-refractivity contribution < 1.29 is 4.39 Å². The van der Waals surface area contributed by atoms with E-state index in [-0.39, 0.29) is 10.8 Å². The van der Waals surface area contributed by atoms with Gasteiger partial charge in [-0.05, 0) is 48.9 Å². The highest BCUT2D eigenvalue weighted by atomic mass is 35.5. The third-order valence-corrected chi connectivity index (χ3v) is 3.35. The maximum atomic E-state index is 13.7. The van der Waals surface area contributed by atoms with Crippen LogP contribution in [0.4, 0.5) is 4.39 Å². The first kappa shape index (κ1) is 13.5. The van der Waals surface area contributed by atoms with Crippen molar-refractivity contribution in [2.75, 3.05) is 6.54 Å². The van der Waals surface area contributed by atoms with Crippen molar-refractivity contribution in [2.45, 2.75) is 33.1 Å². The van der Waals surface area contributed by atoms with Gasteiger partial charge in [-0.3, -0.25) is 0 Å². The van der Waals surface area contributed by atoms with E-state index in [0.29, 0.717) is 23.9 Å². The maximum Gasteiger partial charge on any atom is 0.144 e. The summed E-state index contributed by atoms with van der Waals surface area (Å²) in [7, 11) is 0. The van der Waals surface area contributed by atoms with E-state index in [9.17, 15) is 4.39 Å². The Labute approximate surface area is 102 Å². The fourth-order valence-electron chi connectivity index (χ4n) is 2.10. The zero-order valence-corrected chi connectivity index (χ0v) is 10.8. The molecule has 1 nitrogen and oxygen atoms in total. The summed E-state index contributed by atoms with van der Waals surface area (Å²) in [5, 5.41) is 0.191. The molecule has 0 heterocycles. The molecule has 0 radical (unpaired) electrons.